The second kappa shape index (κ2) is 4.59. The quantitative estimate of drug-likeness (QED) is 0.656. The minimum Gasteiger partial charge on any atom is -0.396 e. The lowest BCUT2D eigenvalue weighted by Crippen LogP contribution is -2.38. The fraction of sp³-hybridized carbons (Fsp3) is 0.909. The molecule has 0 aromatic carbocycles. The average molecular weight is 227 g/mol. The maximum absolute atomic E-state index is 11.3. The van der Waals surface area contributed by atoms with Crippen molar-refractivity contribution >= 4 is 6.03 Å². The van der Waals surface area contributed by atoms with Crippen LogP contribution in [0.1, 0.15) is 12.8 Å². The van der Waals surface area contributed by atoms with Crippen molar-refractivity contribution in [1.82, 2.24) is 15.1 Å². The molecule has 5 heteroatoms. The number of carbonyl (C=O) groups is 1. The van der Waals surface area contributed by atoms with Crippen molar-refractivity contribution in [2.75, 3.05) is 46.4 Å². The van der Waals surface area contributed by atoms with E-state index in [0.29, 0.717) is 6.61 Å². The third-order valence-electron chi connectivity index (χ3n) is 3.59. The summed E-state index contributed by atoms with van der Waals surface area (Å²) >= 11 is 0. The molecule has 0 atom stereocenters. The summed E-state index contributed by atoms with van der Waals surface area (Å²) in [5.41, 5.74) is 0.169. The molecule has 2 amide bonds. The summed E-state index contributed by atoms with van der Waals surface area (Å²) in [5.74, 6) is 0. The van der Waals surface area contributed by atoms with Crippen LogP contribution in [0.4, 0.5) is 4.79 Å². The van der Waals surface area contributed by atoms with Crippen LogP contribution in [0.5, 0.6) is 0 Å². The highest BCUT2D eigenvalue weighted by atomic mass is 16.3. The molecular formula is C11H21N3O2. The van der Waals surface area contributed by atoms with Gasteiger partial charge in [-0.2, -0.15) is 0 Å². The average Bonchev–Trinajstić information content (AvgIpc) is 2.92. The van der Waals surface area contributed by atoms with E-state index < -0.39 is 0 Å². The van der Waals surface area contributed by atoms with Gasteiger partial charge >= 0.3 is 6.03 Å². The van der Waals surface area contributed by atoms with Crippen molar-refractivity contribution in [3.05, 3.63) is 0 Å². The third kappa shape index (κ3) is 2.65. The molecule has 2 N–H and O–H groups in total. The first-order chi connectivity index (χ1) is 7.65. The highest BCUT2D eigenvalue weighted by Gasteiger charge is 2.42. The smallest absolute Gasteiger partial charge is 0.317 e. The molecule has 2 fully saturated rings. The summed E-state index contributed by atoms with van der Waals surface area (Å²) in [7, 11) is 2.06. The molecule has 1 aliphatic carbocycles. The number of rotatable bonds is 6. The minimum absolute atomic E-state index is 0.0525. The van der Waals surface area contributed by atoms with Crippen LogP contribution < -0.4 is 5.32 Å². The Hall–Kier alpha value is -0.810. The molecule has 0 spiro atoms. The molecule has 1 saturated carbocycles. The van der Waals surface area contributed by atoms with Gasteiger partial charge < -0.3 is 20.2 Å². The van der Waals surface area contributed by atoms with Gasteiger partial charge in [0.25, 0.3) is 0 Å². The largest absolute Gasteiger partial charge is 0.396 e. The van der Waals surface area contributed by atoms with Crippen molar-refractivity contribution in [3.8, 4) is 0 Å². The van der Waals surface area contributed by atoms with Crippen LogP contribution in [-0.2, 0) is 0 Å². The Labute approximate surface area is 96.4 Å². The monoisotopic (exact) mass is 227 g/mol. The van der Waals surface area contributed by atoms with Gasteiger partial charge in [-0.15, -0.1) is 0 Å². The van der Waals surface area contributed by atoms with E-state index in [9.17, 15) is 9.90 Å². The number of amides is 2. The molecule has 2 rings (SSSR count). The number of hydrogen-bond donors (Lipinski definition) is 2. The first-order valence-corrected chi connectivity index (χ1v) is 5.97. The molecule has 1 aliphatic heterocycles. The molecule has 1 heterocycles. The van der Waals surface area contributed by atoms with Gasteiger partial charge in [-0.1, -0.05) is 0 Å². The topological polar surface area (TPSA) is 55.8 Å². The molecule has 1 saturated heterocycles. The summed E-state index contributed by atoms with van der Waals surface area (Å²) in [6.45, 7) is 4.49. The van der Waals surface area contributed by atoms with Crippen LogP contribution in [0.2, 0.25) is 0 Å². The van der Waals surface area contributed by atoms with Crippen LogP contribution in [0.15, 0.2) is 0 Å². The number of nitrogens with one attached hydrogen (secondary N) is 1. The molecule has 0 unspecified atom stereocenters. The minimum atomic E-state index is 0.0525. The lowest BCUT2D eigenvalue weighted by atomic mass is 10.1. The predicted molar refractivity (Wildman–Crippen MR) is 61.2 cm³/mol. The molecule has 2 aliphatic rings. The van der Waals surface area contributed by atoms with E-state index in [1.54, 1.807) is 0 Å². The van der Waals surface area contributed by atoms with E-state index in [2.05, 4.69) is 17.3 Å². The lowest BCUT2D eigenvalue weighted by Gasteiger charge is -2.24. The van der Waals surface area contributed by atoms with Gasteiger partial charge in [0.15, 0.2) is 0 Å². The Morgan fingerprint density at radius 1 is 1.56 bits per heavy atom. The number of carbonyl (C=O) groups excluding carboxylic acids is 1. The number of aliphatic hydroxyl groups is 1. The van der Waals surface area contributed by atoms with Crippen molar-refractivity contribution in [2.24, 2.45) is 5.41 Å². The Morgan fingerprint density at radius 2 is 2.31 bits per heavy atom. The standard InChI is InChI=1S/C11H21N3O2/c1-13(8-11(9-15)2-3-11)6-7-14-5-4-12-10(14)16/h15H,2-9H2,1H3,(H,12,16). The number of likely N-dealkylation sites (N-methyl/N-ethyl adjacent to an activating group) is 1. The first kappa shape index (κ1) is 11.7. The molecular weight excluding hydrogens is 206 g/mol. The Bertz CT molecular complexity index is 266. The van der Waals surface area contributed by atoms with E-state index in [1.807, 2.05) is 4.90 Å². The van der Waals surface area contributed by atoms with Crippen LogP contribution in [0.3, 0.4) is 0 Å². The van der Waals surface area contributed by atoms with E-state index >= 15 is 0 Å². The highest BCUT2D eigenvalue weighted by molar-refractivity contribution is 5.76. The molecule has 92 valence electrons. The number of urea groups is 1. The Balaban J connectivity index is 1.67. The van der Waals surface area contributed by atoms with Crippen LogP contribution >= 0.6 is 0 Å². The van der Waals surface area contributed by atoms with Gasteiger partial charge in [0.1, 0.15) is 0 Å². The van der Waals surface area contributed by atoms with Crippen LogP contribution in [0.25, 0.3) is 0 Å². The van der Waals surface area contributed by atoms with E-state index in [4.69, 9.17) is 0 Å². The maximum atomic E-state index is 11.3. The summed E-state index contributed by atoms with van der Waals surface area (Å²) in [6, 6.07) is 0.0525. The molecule has 0 aromatic heterocycles. The number of aliphatic hydroxyl groups excluding tert-OH is 1. The normalized spacial score (nSPS) is 22.7. The van der Waals surface area contributed by atoms with E-state index in [0.717, 1.165) is 45.6 Å². The second-order valence-corrected chi connectivity index (χ2v) is 5.11. The van der Waals surface area contributed by atoms with Crippen molar-refractivity contribution in [2.45, 2.75) is 12.8 Å². The van der Waals surface area contributed by atoms with Gasteiger partial charge in [0.05, 0.1) is 0 Å². The zero-order valence-electron chi connectivity index (χ0n) is 9.91. The third-order valence-corrected chi connectivity index (χ3v) is 3.59. The van der Waals surface area contributed by atoms with E-state index in [-0.39, 0.29) is 11.4 Å². The van der Waals surface area contributed by atoms with Gasteiger partial charge in [-0.05, 0) is 19.9 Å². The fourth-order valence-electron chi connectivity index (χ4n) is 2.21. The summed E-state index contributed by atoms with van der Waals surface area (Å²) in [6.07, 6.45) is 2.27. The highest BCUT2D eigenvalue weighted by Crippen LogP contribution is 2.45. The van der Waals surface area contributed by atoms with Gasteiger partial charge in [-0.25, -0.2) is 4.79 Å². The number of hydrogen-bond acceptors (Lipinski definition) is 3. The van der Waals surface area contributed by atoms with Crippen molar-refractivity contribution < 1.29 is 9.90 Å². The van der Waals surface area contributed by atoms with Crippen molar-refractivity contribution in [1.29, 1.82) is 0 Å². The SMILES string of the molecule is CN(CCN1CCNC1=O)CC1(CO)CC1. The fourth-order valence-corrected chi connectivity index (χ4v) is 2.21. The molecule has 5 nitrogen and oxygen atoms in total. The summed E-state index contributed by atoms with van der Waals surface area (Å²) < 4.78 is 0. The first-order valence-electron chi connectivity index (χ1n) is 5.97. The van der Waals surface area contributed by atoms with E-state index in [1.165, 1.54) is 0 Å². The molecule has 16 heavy (non-hydrogen) atoms. The van der Waals surface area contributed by atoms with Gasteiger partial charge in [0, 0.05) is 44.7 Å². The predicted octanol–water partition coefficient (Wildman–Crippen LogP) is -0.284. The summed E-state index contributed by atoms with van der Waals surface area (Å²) in [4.78, 5) is 15.4. The Morgan fingerprint density at radius 3 is 2.81 bits per heavy atom. The zero-order chi connectivity index (χ0) is 11.6. The van der Waals surface area contributed by atoms with Gasteiger partial charge in [-0.3, -0.25) is 0 Å². The molecule has 0 aromatic rings. The van der Waals surface area contributed by atoms with Gasteiger partial charge in [0.2, 0.25) is 0 Å². The Kier molecular flexibility index (Phi) is 3.35. The molecule has 0 radical (unpaired) electrons. The van der Waals surface area contributed by atoms with Crippen molar-refractivity contribution in [3.63, 3.8) is 0 Å². The second-order valence-electron chi connectivity index (χ2n) is 5.11. The maximum Gasteiger partial charge on any atom is 0.317 e. The summed E-state index contributed by atoms with van der Waals surface area (Å²) in [5, 5.41) is 12.0. The lowest BCUT2D eigenvalue weighted by molar-refractivity contribution is 0.156. The molecule has 0 bridgehead atoms. The zero-order valence-corrected chi connectivity index (χ0v) is 9.91. The van der Waals surface area contributed by atoms with Crippen LogP contribution in [-0.4, -0.2) is 67.3 Å². The number of nitrogens with zero attached hydrogens (tertiary/aromatic N) is 2. The van der Waals surface area contributed by atoms with Crippen LogP contribution in [0, 0.1) is 5.41 Å².